The zero-order valence-electron chi connectivity index (χ0n) is 16.1. The molecule has 1 aliphatic heterocycles. The third kappa shape index (κ3) is 4.96. The molecule has 1 saturated carbocycles. The standard InChI is InChI=1S/C19H30F3N5/c1-14-7-9-26(12-17(14)27-10-8-24-13-27)18(23-2)25-11-15-3-5-16(6-4-15)19(20,21)22/h8,10,13-17H,3-7,9,11-12H2,1-2H3,(H,23,25). The van der Waals surface area contributed by atoms with Crippen LogP contribution in [0.15, 0.2) is 23.7 Å². The van der Waals surface area contributed by atoms with E-state index in [-0.39, 0.29) is 18.8 Å². The topological polar surface area (TPSA) is 45.5 Å². The number of aromatic nitrogens is 2. The predicted molar refractivity (Wildman–Crippen MR) is 99.5 cm³/mol. The Labute approximate surface area is 159 Å². The zero-order chi connectivity index (χ0) is 19.4. The van der Waals surface area contributed by atoms with Gasteiger partial charge in [0.05, 0.1) is 18.3 Å². The molecule has 1 aromatic heterocycles. The first kappa shape index (κ1) is 20.0. The van der Waals surface area contributed by atoms with Gasteiger partial charge in [0.15, 0.2) is 5.96 Å². The average molecular weight is 385 g/mol. The van der Waals surface area contributed by atoms with E-state index < -0.39 is 12.1 Å². The number of aliphatic imine (C=N–C) groups is 1. The number of halogens is 3. The van der Waals surface area contributed by atoms with Crippen LogP contribution in [-0.2, 0) is 0 Å². The Morgan fingerprint density at radius 2 is 1.96 bits per heavy atom. The molecule has 2 unspecified atom stereocenters. The van der Waals surface area contributed by atoms with Gasteiger partial charge in [-0.25, -0.2) is 4.98 Å². The largest absolute Gasteiger partial charge is 0.391 e. The number of imidazole rings is 1. The Balaban J connectivity index is 1.51. The number of rotatable bonds is 3. The molecule has 1 saturated heterocycles. The minimum Gasteiger partial charge on any atom is -0.356 e. The lowest BCUT2D eigenvalue weighted by atomic mass is 9.81. The minimum absolute atomic E-state index is 0.248. The number of likely N-dealkylation sites (tertiary alicyclic amines) is 1. The molecule has 152 valence electrons. The second kappa shape index (κ2) is 8.52. The highest BCUT2D eigenvalue weighted by molar-refractivity contribution is 5.80. The van der Waals surface area contributed by atoms with Gasteiger partial charge in [-0.1, -0.05) is 6.92 Å². The van der Waals surface area contributed by atoms with Crippen LogP contribution >= 0.6 is 0 Å². The Hall–Kier alpha value is -1.73. The molecule has 2 heterocycles. The smallest absolute Gasteiger partial charge is 0.356 e. The molecule has 2 aliphatic rings. The van der Waals surface area contributed by atoms with Gasteiger partial charge in [0.1, 0.15) is 0 Å². The van der Waals surface area contributed by atoms with Crippen LogP contribution in [0.1, 0.15) is 45.1 Å². The molecule has 1 N–H and O–H groups in total. The van der Waals surface area contributed by atoms with Gasteiger partial charge in [0.25, 0.3) is 0 Å². The number of hydrogen-bond donors (Lipinski definition) is 1. The number of nitrogens with zero attached hydrogens (tertiary/aromatic N) is 4. The SMILES string of the molecule is CN=C(NCC1CCC(C(F)(F)F)CC1)N1CCC(C)C(n2ccnc2)C1. The van der Waals surface area contributed by atoms with E-state index in [1.807, 2.05) is 12.5 Å². The van der Waals surface area contributed by atoms with Crippen LogP contribution in [0, 0.1) is 17.8 Å². The van der Waals surface area contributed by atoms with Crippen molar-refractivity contribution in [3.05, 3.63) is 18.7 Å². The van der Waals surface area contributed by atoms with Crippen molar-refractivity contribution in [2.75, 3.05) is 26.7 Å². The van der Waals surface area contributed by atoms with Crippen LogP contribution in [0.2, 0.25) is 0 Å². The van der Waals surface area contributed by atoms with Crippen LogP contribution in [-0.4, -0.2) is 53.3 Å². The molecule has 8 heteroatoms. The number of piperidine rings is 1. The van der Waals surface area contributed by atoms with E-state index in [0.717, 1.165) is 25.5 Å². The molecule has 3 rings (SSSR count). The fourth-order valence-electron chi connectivity index (χ4n) is 4.36. The number of hydrogen-bond acceptors (Lipinski definition) is 2. The summed E-state index contributed by atoms with van der Waals surface area (Å²) in [6.07, 6.45) is 4.44. The molecule has 0 amide bonds. The lowest BCUT2D eigenvalue weighted by Gasteiger charge is -2.39. The van der Waals surface area contributed by atoms with Crippen LogP contribution in [0.5, 0.6) is 0 Å². The second-order valence-electron chi connectivity index (χ2n) is 7.98. The van der Waals surface area contributed by atoms with Crippen molar-refractivity contribution in [2.45, 2.75) is 51.2 Å². The third-order valence-corrected chi connectivity index (χ3v) is 6.20. The molecular formula is C19H30F3N5. The van der Waals surface area contributed by atoms with Crippen molar-refractivity contribution in [1.29, 1.82) is 0 Å². The molecule has 1 aliphatic carbocycles. The number of guanidine groups is 1. The summed E-state index contributed by atoms with van der Waals surface area (Å²) in [6, 6.07) is 0.349. The molecule has 5 nitrogen and oxygen atoms in total. The maximum atomic E-state index is 12.8. The summed E-state index contributed by atoms with van der Waals surface area (Å²) in [5.74, 6) is 0.581. The number of nitrogens with one attached hydrogen (secondary N) is 1. The normalized spacial score (nSPS) is 30.4. The van der Waals surface area contributed by atoms with Crippen LogP contribution < -0.4 is 5.32 Å². The van der Waals surface area contributed by atoms with Gasteiger partial charge in [-0.15, -0.1) is 0 Å². The van der Waals surface area contributed by atoms with Crippen LogP contribution in [0.3, 0.4) is 0 Å². The molecule has 2 fully saturated rings. The highest BCUT2D eigenvalue weighted by Crippen LogP contribution is 2.39. The summed E-state index contributed by atoms with van der Waals surface area (Å²) < 4.78 is 40.6. The fourth-order valence-corrected chi connectivity index (χ4v) is 4.36. The molecule has 0 spiro atoms. The summed E-state index contributed by atoms with van der Waals surface area (Å²) in [6.45, 7) is 4.75. The van der Waals surface area contributed by atoms with Crippen molar-refractivity contribution < 1.29 is 13.2 Å². The first-order valence-electron chi connectivity index (χ1n) is 9.88. The molecule has 1 aromatic rings. The van der Waals surface area contributed by atoms with Gasteiger partial charge in [-0.3, -0.25) is 4.99 Å². The van der Waals surface area contributed by atoms with Crippen molar-refractivity contribution in [3.8, 4) is 0 Å². The molecule has 2 atom stereocenters. The van der Waals surface area contributed by atoms with Crippen molar-refractivity contribution in [1.82, 2.24) is 19.8 Å². The molecule has 27 heavy (non-hydrogen) atoms. The first-order chi connectivity index (χ1) is 12.9. The van der Waals surface area contributed by atoms with Gasteiger partial charge < -0.3 is 14.8 Å². The van der Waals surface area contributed by atoms with Gasteiger partial charge in [-0.05, 0) is 43.9 Å². The summed E-state index contributed by atoms with van der Waals surface area (Å²) in [5, 5.41) is 3.41. The van der Waals surface area contributed by atoms with Crippen LogP contribution in [0.4, 0.5) is 13.2 Å². The third-order valence-electron chi connectivity index (χ3n) is 6.20. The lowest BCUT2D eigenvalue weighted by Crippen LogP contribution is -2.50. The maximum Gasteiger partial charge on any atom is 0.391 e. The first-order valence-corrected chi connectivity index (χ1v) is 9.88. The fraction of sp³-hybridized carbons (Fsp3) is 0.789. The van der Waals surface area contributed by atoms with Gasteiger partial charge >= 0.3 is 6.18 Å². The summed E-state index contributed by atoms with van der Waals surface area (Å²) >= 11 is 0. The van der Waals surface area contributed by atoms with E-state index in [1.54, 1.807) is 13.2 Å². The highest BCUT2D eigenvalue weighted by atomic mass is 19.4. The predicted octanol–water partition coefficient (Wildman–Crippen LogP) is 3.71. The Morgan fingerprint density at radius 1 is 1.22 bits per heavy atom. The Bertz CT molecular complexity index is 605. The van der Waals surface area contributed by atoms with Gasteiger partial charge in [0, 0.05) is 39.1 Å². The second-order valence-corrected chi connectivity index (χ2v) is 7.98. The van der Waals surface area contributed by atoms with E-state index in [2.05, 4.69) is 31.7 Å². The molecular weight excluding hydrogens is 355 g/mol. The summed E-state index contributed by atoms with van der Waals surface area (Å²) in [7, 11) is 1.77. The van der Waals surface area contributed by atoms with Crippen molar-refractivity contribution >= 4 is 5.96 Å². The number of alkyl halides is 3. The Kier molecular flexibility index (Phi) is 6.32. The quantitative estimate of drug-likeness (QED) is 0.637. The monoisotopic (exact) mass is 385 g/mol. The van der Waals surface area contributed by atoms with E-state index in [0.29, 0.717) is 31.3 Å². The van der Waals surface area contributed by atoms with Gasteiger partial charge in [-0.2, -0.15) is 13.2 Å². The zero-order valence-corrected chi connectivity index (χ0v) is 16.1. The van der Waals surface area contributed by atoms with E-state index in [9.17, 15) is 13.2 Å². The average Bonchev–Trinajstić information content (AvgIpc) is 3.17. The van der Waals surface area contributed by atoms with Crippen molar-refractivity contribution in [2.24, 2.45) is 22.7 Å². The van der Waals surface area contributed by atoms with Gasteiger partial charge in [0.2, 0.25) is 0 Å². The maximum absolute atomic E-state index is 12.8. The Morgan fingerprint density at radius 3 is 2.56 bits per heavy atom. The lowest BCUT2D eigenvalue weighted by molar-refractivity contribution is -0.183. The highest BCUT2D eigenvalue weighted by Gasteiger charge is 2.41. The van der Waals surface area contributed by atoms with Crippen LogP contribution in [0.25, 0.3) is 0 Å². The van der Waals surface area contributed by atoms with E-state index in [4.69, 9.17) is 0 Å². The van der Waals surface area contributed by atoms with E-state index in [1.165, 1.54) is 0 Å². The van der Waals surface area contributed by atoms with E-state index >= 15 is 0 Å². The summed E-state index contributed by atoms with van der Waals surface area (Å²) in [4.78, 5) is 10.8. The molecule has 0 radical (unpaired) electrons. The molecule has 0 aromatic carbocycles. The minimum atomic E-state index is -4.04. The molecule has 0 bridgehead atoms. The van der Waals surface area contributed by atoms with Crippen molar-refractivity contribution in [3.63, 3.8) is 0 Å². The summed E-state index contributed by atoms with van der Waals surface area (Å²) in [5.41, 5.74) is 0.